The second-order valence-electron chi connectivity index (χ2n) is 6.50. The molecule has 2 heterocycles. The Morgan fingerprint density at radius 3 is 2.58 bits per heavy atom. The number of rotatable bonds is 3. The molecule has 0 aromatic heterocycles. The molecule has 2 saturated heterocycles. The van der Waals surface area contributed by atoms with E-state index >= 15 is 0 Å². The first-order valence-electron chi connectivity index (χ1n) is 8.24. The lowest BCUT2D eigenvalue weighted by Crippen LogP contribution is -2.34. The molecule has 3 atom stereocenters. The van der Waals surface area contributed by atoms with Crippen LogP contribution >= 0.6 is 15.9 Å². The predicted octanol–water partition coefficient (Wildman–Crippen LogP) is 2.63. The monoisotopic (exact) mass is 416 g/mol. The van der Waals surface area contributed by atoms with E-state index in [4.69, 9.17) is 4.84 Å². The smallest absolute Gasteiger partial charge is 0.261 e. The van der Waals surface area contributed by atoms with Crippen molar-refractivity contribution < 1.29 is 19.5 Å². The third-order valence-electron chi connectivity index (χ3n) is 4.90. The summed E-state index contributed by atoms with van der Waals surface area (Å²) in [6.07, 6.45) is -0.861. The van der Waals surface area contributed by atoms with E-state index in [0.29, 0.717) is 12.1 Å². The van der Waals surface area contributed by atoms with Gasteiger partial charge in [0.2, 0.25) is 5.91 Å². The second-order valence-corrected chi connectivity index (χ2v) is 7.41. The van der Waals surface area contributed by atoms with Gasteiger partial charge in [-0.25, -0.2) is 0 Å². The van der Waals surface area contributed by atoms with Crippen LogP contribution in [0.1, 0.15) is 17.2 Å². The Morgan fingerprint density at radius 1 is 1.12 bits per heavy atom. The molecule has 2 fully saturated rings. The number of likely N-dealkylation sites (tertiary alicyclic amines) is 1. The topological polar surface area (TPSA) is 70.1 Å². The van der Waals surface area contributed by atoms with E-state index in [1.807, 2.05) is 30.3 Å². The average molecular weight is 417 g/mol. The number of imide groups is 1. The molecule has 2 aromatic rings. The maximum atomic E-state index is 12.7. The number of benzene rings is 2. The number of amides is 2. The summed E-state index contributed by atoms with van der Waals surface area (Å²) in [5.41, 5.74) is 1.54. The van der Waals surface area contributed by atoms with Crippen LogP contribution in [0, 0.1) is 5.92 Å². The number of hydroxylamine groups is 2. The van der Waals surface area contributed by atoms with Gasteiger partial charge in [-0.1, -0.05) is 46.3 Å². The van der Waals surface area contributed by atoms with Crippen molar-refractivity contribution in [3.8, 4) is 5.75 Å². The summed E-state index contributed by atoms with van der Waals surface area (Å²) in [7, 11) is 1.46. The Balaban J connectivity index is 1.77. The number of hydrogen-bond acceptors (Lipinski definition) is 5. The number of aromatic hydroxyl groups is 1. The molecule has 4 rings (SSSR count). The number of phenolic OH excluding ortho intramolecular Hbond substituents is 1. The van der Waals surface area contributed by atoms with Crippen molar-refractivity contribution >= 4 is 27.7 Å². The number of phenols is 1. The number of halogens is 1. The first-order valence-corrected chi connectivity index (χ1v) is 9.04. The average Bonchev–Trinajstić information content (AvgIpc) is 3.10. The van der Waals surface area contributed by atoms with Gasteiger partial charge in [-0.2, -0.15) is 5.06 Å². The van der Waals surface area contributed by atoms with E-state index < -0.39 is 18.1 Å². The molecule has 2 aromatic carbocycles. The van der Waals surface area contributed by atoms with E-state index in [9.17, 15) is 14.7 Å². The fourth-order valence-electron chi connectivity index (χ4n) is 3.62. The normalized spacial score (nSPS) is 25.8. The third-order valence-corrected chi connectivity index (χ3v) is 5.40. The van der Waals surface area contributed by atoms with Crippen molar-refractivity contribution in [1.29, 1.82) is 0 Å². The number of carbonyl (C=O) groups excluding carboxylic acids is 2. The Labute approximate surface area is 159 Å². The van der Waals surface area contributed by atoms with Gasteiger partial charge in [0.05, 0.1) is 12.0 Å². The molecule has 0 radical (unpaired) electrons. The largest absolute Gasteiger partial charge is 0.508 e. The molecule has 0 bridgehead atoms. The summed E-state index contributed by atoms with van der Waals surface area (Å²) in [6, 6.07) is 14.2. The summed E-state index contributed by atoms with van der Waals surface area (Å²) in [4.78, 5) is 32.1. The van der Waals surface area contributed by atoms with Crippen LogP contribution in [0.4, 0.5) is 0 Å². The molecule has 26 heavy (non-hydrogen) atoms. The molecular formula is C19H17BrN2O4. The highest BCUT2D eigenvalue weighted by atomic mass is 79.9. The van der Waals surface area contributed by atoms with Crippen molar-refractivity contribution in [2.75, 3.05) is 7.05 Å². The van der Waals surface area contributed by atoms with Crippen molar-refractivity contribution in [3.05, 3.63) is 64.1 Å². The third kappa shape index (κ3) is 2.72. The zero-order valence-electron chi connectivity index (χ0n) is 14.0. The highest BCUT2D eigenvalue weighted by Crippen LogP contribution is 2.47. The van der Waals surface area contributed by atoms with Crippen LogP contribution in [0.25, 0.3) is 0 Å². The number of likely N-dealkylation sites (N-methyl/N-ethyl adjacent to an activating group) is 1. The molecule has 6 nitrogen and oxygen atoms in total. The second kappa shape index (κ2) is 6.50. The van der Waals surface area contributed by atoms with E-state index in [0.717, 1.165) is 14.9 Å². The molecule has 0 aliphatic carbocycles. The minimum Gasteiger partial charge on any atom is -0.508 e. The maximum absolute atomic E-state index is 12.7. The molecule has 7 heteroatoms. The SMILES string of the molecule is CN1C(=O)C2ON(Cc3ccccc3)C(c3cc(Br)ccc3O)C2C1=O. The van der Waals surface area contributed by atoms with E-state index in [1.54, 1.807) is 23.3 Å². The van der Waals surface area contributed by atoms with Crippen molar-refractivity contribution in [3.63, 3.8) is 0 Å². The van der Waals surface area contributed by atoms with E-state index in [1.165, 1.54) is 7.05 Å². The molecule has 0 spiro atoms. The predicted molar refractivity (Wildman–Crippen MR) is 96.7 cm³/mol. The van der Waals surface area contributed by atoms with Gasteiger partial charge < -0.3 is 5.11 Å². The van der Waals surface area contributed by atoms with Crippen molar-refractivity contribution in [2.24, 2.45) is 5.92 Å². The highest BCUT2D eigenvalue weighted by molar-refractivity contribution is 9.10. The maximum Gasteiger partial charge on any atom is 0.261 e. The van der Waals surface area contributed by atoms with Crippen molar-refractivity contribution in [1.82, 2.24) is 9.96 Å². The zero-order valence-corrected chi connectivity index (χ0v) is 15.6. The first-order chi connectivity index (χ1) is 12.5. The van der Waals surface area contributed by atoms with Crippen LogP contribution in [-0.4, -0.2) is 40.0 Å². The molecule has 0 saturated carbocycles. The lowest BCUT2D eigenvalue weighted by Gasteiger charge is -2.27. The van der Waals surface area contributed by atoms with Gasteiger partial charge in [0, 0.05) is 23.6 Å². The minimum atomic E-state index is -0.861. The van der Waals surface area contributed by atoms with Crippen LogP contribution in [0.2, 0.25) is 0 Å². The van der Waals surface area contributed by atoms with Crippen LogP contribution < -0.4 is 0 Å². The zero-order chi connectivity index (χ0) is 18.4. The Kier molecular flexibility index (Phi) is 4.30. The molecule has 3 unspecified atom stereocenters. The molecule has 2 aliphatic heterocycles. The van der Waals surface area contributed by atoms with Crippen LogP contribution in [0.15, 0.2) is 53.0 Å². The van der Waals surface area contributed by atoms with Gasteiger partial charge >= 0.3 is 0 Å². The number of hydrogen-bond donors (Lipinski definition) is 1. The Bertz CT molecular complexity index is 873. The fraction of sp³-hybridized carbons (Fsp3) is 0.263. The van der Waals surface area contributed by atoms with Crippen molar-refractivity contribution in [2.45, 2.75) is 18.7 Å². The molecule has 134 valence electrons. The summed E-state index contributed by atoms with van der Waals surface area (Å²) >= 11 is 3.41. The van der Waals surface area contributed by atoms with E-state index in [-0.39, 0.29) is 17.6 Å². The number of carbonyl (C=O) groups is 2. The lowest BCUT2D eigenvalue weighted by molar-refractivity contribution is -0.183. The van der Waals surface area contributed by atoms with Gasteiger partial charge in [0.25, 0.3) is 5.91 Å². The lowest BCUT2D eigenvalue weighted by atomic mass is 9.90. The Morgan fingerprint density at radius 2 is 1.85 bits per heavy atom. The Hall–Kier alpha value is -2.22. The summed E-state index contributed by atoms with van der Waals surface area (Å²) in [5, 5.41) is 12.0. The van der Waals surface area contributed by atoms with Gasteiger partial charge in [-0.15, -0.1) is 0 Å². The minimum absolute atomic E-state index is 0.0651. The fourth-order valence-corrected chi connectivity index (χ4v) is 4.00. The highest BCUT2D eigenvalue weighted by Gasteiger charge is 2.59. The summed E-state index contributed by atoms with van der Waals surface area (Å²) in [6.45, 7) is 0.398. The standard InChI is InChI=1S/C19H17BrN2O4/c1-21-18(24)15-16(13-9-12(20)7-8-14(13)23)22(26-17(15)19(21)25)10-11-5-3-2-4-6-11/h2-9,15-17,23H,10H2,1H3. The van der Waals surface area contributed by atoms with Gasteiger partial charge in [0.1, 0.15) is 5.75 Å². The van der Waals surface area contributed by atoms with Gasteiger partial charge in [0.15, 0.2) is 6.10 Å². The van der Waals surface area contributed by atoms with Crippen LogP contribution in [0.3, 0.4) is 0 Å². The van der Waals surface area contributed by atoms with Gasteiger partial charge in [-0.05, 0) is 23.8 Å². The summed E-state index contributed by atoms with van der Waals surface area (Å²) in [5.74, 6) is -1.26. The van der Waals surface area contributed by atoms with Crippen LogP contribution in [0.5, 0.6) is 5.75 Å². The molecule has 2 amide bonds. The van der Waals surface area contributed by atoms with Gasteiger partial charge in [-0.3, -0.25) is 19.3 Å². The number of fused-ring (bicyclic) bond motifs is 1. The molecule has 2 aliphatic rings. The number of nitrogens with zero attached hydrogens (tertiary/aromatic N) is 2. The first kappa shape index (κ1) is 17.2. The van der Waals surface area contributed by atoms with Crippen LogP contribution in [-0.2, 0) is 21.0 Å². The quantitative estimate of drug-likeness (QED) is 0.778. The molecular weight excluding hydrogens is 400 g/mol. The molecule has 1 N–H and O–H groups in total. The summed E-state index contributed by atoms with van der Waals surface area (Å²) < 4.78 is 0.776. The van der Waals surface area contributed by atoms with E-state index in [2.05, 4.69) is 15.9 Å².